The molecule has 2 heteroatoms. The van der Waals surface area contributed by atoms with Crippen molar-refractivity contribution in [2.24, 2.45) is 0 Å². The van der Waals surface area contributed by atoms with Crippen molar-refractivity contribution < 1.29 is 4.74 Å². The monoisotopic (exact) mass is 261 g/mol. The Hall–Kier alpha value is -1.02. The van der Waals surface area contributed by atoms with E-state index in [0.717, 1.165) is 25.1 Å². The summed E-state index contributed by atoms with van der Waals surface area (Å²) in [6, 6.07) is 4.84. The SMILES string of the molecule is CCCC1Oc2c(C)ccc(C(C)C)c2C1NCC. The molecule has 2 atom stereocenters. The number of hydrogen-bond acceptors (Lipinski definition) is 2. The summed E-state index contributed by atoms with van der Waals surface area (Å²) in [6.45, 7) is 12.1. The van der Waals surface area contributed by atoms with Crippen molar-refractivity contribution in [1.29, 1.82) is 0 Å². The molecule has 1 aromatic rings. The van der Waals surface area contributed by atoms with Gasteiger partial charge in [-0.05, 0) is 36.9 Å². The predicted molar refractivity (Wildman–Crippen MR) is 81.0 cm³/mol. The van der Waals surface area contributed by atoms with E-state index < -0.39 is 0 Å². The molecule has 0 saturated heterocycles. The fourth-order valence-corrected chi connectivity index (χ4v) is 3.07. The minimum Gasteiger partial charge on any atom is -0.488 e. The fourth-order valence-electron chi connectivity index (χ4n) is 3.07. The maximum absolute atomic E-state index is 6.27. The second-order valence-electron chi connectivity index (χ2n) is 5.85. The lowest BCUT2D eigenvalue weighted by atomic mass is 9.89. The smallest absolute Gasteiger partial charge is 0.127 e. The molecule has 2 nitrogen and oxygen atoms in total. The highest BCUT2D eigenvalue weighted by Crippen LogP contribution is 2.44. The summed E-state index contributed by atoms with van der Waals surface area (Å²) < 4.78 is 6.27. The van der Waals surface area contributed by atoms with Crippen molar-refractivity contribution in [2.45, 2.75) is 65.5 Å². The van der Waals surface area contributed by atoms with Crippen molar-refractivity contribution in [1.82, 2.24) is 5.32 Å². The van der Waals surface area contributed by atoms with Crippen LogP contribution in [0.2, 0.25) is 0 Å². The summed E-state index contributed by atoms with van der Waals surface area (Å²) in [5, 5.41) is 3.63. The third-order valence-electron chi connectivity index (χ3n) is 4.00. The zero-order valence-corrected chi connectivity index (χ0v) is 12.9. The fraction of sp³-hybridized carbons (Fsp3) is 0.647. The van der Waals surface area contributed by atoms with E-state index in [2.05, 4.69) is 52.1 Å². The van der Waals surface area contributed by atoms with E-state index in [-0.39, 0.29) is 0 Å². The largest absolute Gasteiger partial charge is 0.488 e. The van der Waals surface area contributed by atoms with Crippen molar-refractivity contribution in [2.75, 3.05) is 6.54 Å². The summed E-state index contributed by atoms with van der Waals surface area (Å²) in [6.07, 6.45) is 2.57. The molecule has 0 radical (unpaired) electrons. The quantitative estimate of drug-likeness (QED) is 0.851. The highest BCUT2D eigenvalue weighted by Gasteiger charge is 2.36. The Labute approximate surface area is 117 Å². The summed E-state index contributed by atoms with van der Waals surface area (Å²) in [4.78, 5) is 0. The average molecular weight is 261 g/mol. The highest BCUT2D eigenvalue weighted by molar-refractivity contribution is 5.52. The maximum atomic E-state index is 6.27. The van der Waals surface area contributed by atoms with E-state index in [1.165, 1.54) is 16.7 Å². The van der Waals surface area contributed by atoms with Crippen molar-refractivity contribution >= 4 is 0 Å². The lowest BCUT2D eigenvalue weighted by Gasteiger charge is -2.21. The van der Waals surface area contributed by atoms with E-state index in [0.29, 0.717) is 18.1 Å². The standard InChI is InChI=1S/C17H27NO/c1-6-8-14-16(18-7-2)15-13(11(3)4)10-9-12(5)17(15)19-14/h9-11,14,16,18H,6-8H2,1-5H3. The number of fused-ring (bicyclic) bond motifs is 1. The molecule has 0 aliphatic carbocycles. The first-order valence-corrected chi connectivity index (χ1v) is 7.63. The first-order chi connectivity index (χ1) is 9.10. The summed E-state index contributed by atoms with van der Waals surface area (Å²) in [7, 11) is 0. The first-order valence-electron chi connectivity index (χ1n) is 7.63. The van der Waals surface area contributed by atoms with Crippen LogP contribution in [0.3, 0.4) is 0 Å². The van der Waals surface area contributed by atoms with Crippen LogP contribution in [0.5, 0.6) is 5.75 Å². The molecule has 0 saturated carbocycles. The van der Waals surface area contributed by atoms with Crippen molar-refractivity contribution in [3.8, 4) is 5.75 Å². The van der Waals surface area contributed by atoms with Gasteiger partial charge in [0.2, 0.25) is 0 Å². The molecule has 0 aromatic heterocycles. The lowest BCUT2D eigenvalue weighted by Crippen LogP contribution is -2.31. The van der Waals surface area contributed by atoms with Gasteiger partial charge in [0.05, 0.1) is 6.04 Å². The van der Waals surface area contributed by atoms with Gasteiger partial charge >= 0.3 is 0 Å². The average Bonchev–Trinajstić information content (AvgIpc) is 2.71. The van der Waals surface area contributed by atoms with Crippen LogP contribution < -0.4 is 10.1 Å². The Morgan fingerprint density at radius 2 is 2.00 bits per heavy atom. The first kappa shape index (κ1) is 14.4. The Kier molecular flexibility index (Phi) is 4.51. The molecule has 19 heavy (non-hydrogen) atoms. The molecule has 1 aliphatic rings. The maximum Gasteiger partial charge on any atom is 0.127 e. The Morgan fingerprint density at radius 3 is 2.58 bits per heavy atom. The van der Waals surface area contributed by atoms with Crippen LogP contribution in [0.25, 0.3) is 0 Å². The molecule has 106 valence electrons. The van der Waals surface area contributed by atoms with Gasteiger partial charge in [-0.1, -0.05) is 46.2 Å². The van der Waals surface area contributed by atoms with Crippen LogP contribution in [0.1, 0.15) is 69.2 Å². The molecule has 2 rings (SSSR count). The minimum absolute atomic E-state index is 0.290. The minimum atomic E-state index is 0.290. The third-order valence-corrected chi connectivity index (χ3v) is 4.00. The zero-order valence-electron chi connectivity index (χ0n) is 12.9. The van der Waals surface area contributed by atoms with Crippen molar-refractivity contribution in [3.63, 3.8) is 0 Å². The van der Waals surface area contributed by atoms with Gasteiger partial charge in [0.15, 0.2) is 0 Å². The number of nitrogens with one attached hydrogen (secondary N) is 1. The molecule has 1 aromatic carbocycles. The van der Waals surface area contributed by atoms with Gasteiger partial charge in [-0.15, -0.1) is 0 Å². The molecular weight excluding hydrogens is 234 g/mol. The van der Waals surface area contributed by atoms with E-state index >= 15 is 0 Å². The van der Waals surface area contributed by atoms with Crippen LogP contribution in [0.15, 0.2) is 12.1 Å². The summed E-state index contributed by atoms with van der Waals surface area (Å²) in [5.41, 5.74) is 4.11. The van der Waals surface area contributed by atoms with Gasteiger partial charge in [0.1, 0.15) is 11.9 Å². The second kappa shape index (κ2) is 5.96. The summed E-state index contributed by atoms with van der Waals surface area (Å²) >= 11 is 0. The van der Waals surface area contributed by atoms with E-state index in [9.17, 15) is 0 Å². The van der Waals surface area contributed by atoms with Crippen LogP contribution >= 0.6 is 0 Å². The Balaban J connectivity index is 2.46. The molecule has 2 unspecified atom stereocenters. The predicted octanol–water partition coefficient (Wildman–Crippen LogP) is 4.33. The van der Waals surface area contributed by atoms with E-state index in [1.54, 1.807) is 0 Å². The molecule has 1 aliphatic heterocycles. The number of ether oxygens (including phenoxy) is 1. The summed E-state index contributed by atoms with van der Waals surface area (Å²) in [5.74, 6) is 1.68. The number of hydrogen-bond donors (Lipinski definition) is 1. The van der Waals surface area contributed by atoms with Crippen LogP contribution in [0.4, 0.5) is 0 Å². The van der Waals surface area contributed by atoms with Crippen molar-refractivity contribution in [3.05, 3.63) is 28.8 Å². The van der Waals surface area contributed by atoms with Crippen LogP contribution in [-0.2, 0) is 0 Å². The van der Waals surface area contributed by atoms with Gasteiger partial charge in [0.25, 0.3) is 0 Å². The Bertz CT molecular complexity index is 439. The molecule has 0 spiro atoms. The second-order valence-corrected chi connectivity index (χ2v) is 5.85. The van der Waals surface area contributed by atoms with Crippen LogP contribution in [0, 0.1) is 6.92 Å². The Morgan fingerprint density at radius 1 is 1.26 bits per heavy atom. The van der Waals surface area contributed by atoms with Gasteiger partial charge < -0.3 is 10.1 Å². The number of rotatable bonds is 5. The number of benzene rings is 1. The number of aryl methyl sites for hydroxylation is 1. The zero-order chi connectivity index (χ0) is 14.0. The topological polar surface area (TPSA) is 21.3 Å². The number of likely N-dealkylation sites (N-methyl/N-ethyl adjacent to an activating group) is 1. The van der Waals surface area contributed by atoms with Crippen LogP contribution in [-0.4, -0.2) is 12.6 Å². The molecule has 1 heterocycles. The van der Waals surface area contributed by atoms with E-state index in [4.69, 9.17) is 4.74 Å². The molecule has 0 fully saturated rings. The van der Waals surface area contributed by atoms with Gasteiger partial charge in [-0.25, -0.2) is 0 Å². The molecule has 1 N–H and O–H groups in total. The molecule has 0 bridgehead atoms. The highest BCUT2D eigenvalue weighted by atomic mass is 16.5. The molecule has 0 amide bonds. The molecular formula is C17H27NO. The van der Waals surface area contributed by atoms with E-state index in [1.807, 2.05) is 0 Å². The van der Waals surface area contributed by atoms with Gasteiger partial charge in [-0.2, -0.15) is 0 Å². The van der Waals surface area contributed by atoms with Gasteiger partial charge in [0, 0.05) is 5.56 Å². The third kappa shape index (κ3) is 2.64. The normalized spacial score (nSPS) is 21.6. The lowest BCUT2D eigenvalue weighted by molar-refractivity contribution is 0.178. The van der Waals surface area contributed by atoms with Gasteiger partial charge in [-0.3, -0.25) is 0 Å².